The molecule has 0 bridgehead atoms. The number of nitrogens with one attached hydrogen (secondary N) is 1. The third-order valence-corrected chi connectivity index (χ3v) is 5.02. The van der Waals surface area contributed by atoms with Crippen molar-refractivity contribution in [3.8, 4) is 5.75 Å². The predicted molar refractivity (Wildman–Crippen MR) is 118 cm³/mol. The van der Waals surface area contributed by atoms with Crippen molar-refractivity contribution in [3.63, 3.8) is 0 Å². The summed E-state index contributed by atoms with van der Waals surface area (Å²) in [6.07, 6.45) is 0.991. The van der Waals surface area contributed by atoms with Crippen LogP contribution in [-0.2, 0) is 13.0 Å². The number of rotatable bonds is 9. The number of pyridine rings is 1. The number of aryl methyl sites for hydroxylation is 1. The van der Waals surface area contributed by atoms with Gasteiger partial charge < -0.3 is 20.7 Å². The first-order valence-corrected chi connectivity index (χ1v) is 9.94. The number of fused-ring (bicyclic) bond motifs is 1. The fourth-order valence-electron chi connectivity index (χ4n) is 3.46. The molecular formula is C23H30N4O. The van der Waals surface area contributed by atoms with E-state index in [1.165, 1.54) is 11.1 Å². The Balaban J connectivity index is 1.99. The second-order valence-corrected chi connectivity index (χ2v) is 6.76. The van der Waals surface area contributed by atoms with Gasteiger partial charge in [0, 0.05) is 43.3 Å². The van der Waals surface area contributed by atoms with Gasteiger partial charge in [-0.15, -0.1) is 0 Å². The molecule has 3 rings (SSSR count). The van der Waals surface area contributed by atoms with Crippen LogP contribution in [0.2, 0.25) is 0 Å². The highest BCUT2D eigenvalue weighted by Crippen LogP contribution is 2.29. The van der Waals surface area contributed by atoms with Gasteiger partial charge in [0.1, 0.15) is 11.6 Å². The minimum Gasteiger partial charge on any atom is -0.497 e. The minimum atomic E-state index is 0.590. The van der Waals surface area contributed by atoms with Gasteiger partial charge in [0.15, 0.2) is 0 Å². The van der Waals surface area contributed by atoms with Crippen LogP contribution in [0.4, 0.5) is 11.5 Å². The van der Waals surface area contributed by atoms with E-state index in [1.807, 2.05) is 18.2 Å². The zero-order valence-corrected chi connectivity index (χ0v) is 17.0. The molecule has 28 heavy (non-hydrogen) atoms. The van der Waals surface area contributed by atoms with Crippen molar-refractivity contribution in [2.75, 3.05) is 37.0 Å². The summed E-state index contributed by atoms with van der Waals surface area (Å²) in [5.74, 6) is 1.85. The van der Waals surface area contributed by atoms with Crippen LogP contribution in [0, 0.1) is 0 Å². The highest BCUT2D eigenvalue weighted by Gasteiger charge is 2.13. The van der Waals surface area contributed by atoms with E-state index in [0.29, 0.717) is 6.54 Å². The van der Waals surface area contributed by atoms with E-state index in [0.717, 1.165) is 54.2 Å². The Bertz CT molecular complexity index is 926. The Morgan fingerprint density at radius 1 is 1.07 bits per heavy atom. The lowest BCUT2D eigenvalue weighted by molar-refractivity contribution is 0.414. The molecule has 2 aromatic carbocycles. The van der Waals surface area contributed by atoms with Crippen LogP contribution in [0.5, 0.6) is 5.75 Å². The molecule has 0 amide bonds. The van der Waals surface area contributed by atoms with Crippen molar-refractivity contribution in [1.82, 2.24) is 4.98 Å². The Labute approximate surface area is 167 Å². The summed E-state index contributed by atoms with van der Waals surface area (Å²) < 4.78 is 5.44. The lowest BCUT2D eigenvalue weighted by Crippen LogP contribution is -2.24. The zero-order chi connectivity index (χ0) is 19.9. The topological polar surface area (TPSA) is 63.4 Å². The lowest BCUT2D eigenvalue weighted by atomic mass is 10.0. The van der Waals surface area contributed by atoms with Gasteiger partial charge in [0.25, 0.3) is 0 Å². The SMILES string of the molecule is CCc1ccc(OC)cc1CN(CC)c1cc(NCCN)c2ccccc2n1. The van der Waals surface area contributed by atoms with E-state index >= 15 is 0 Å². The Kier molecular flexibility index (Phi) is 6.71. The molecular weight excluding hydrogens is 348 g/mol. The van der Waals surface area contributed by atoms with Gasteiger partial charge in [0.2, 0.25) is 0 Å². The van der Waals surface area contributed by atoms with Gasteiger partial charge in [-0.2, -0.15) is 0 Å². The van der Waals surface area contributed by atoms with E-state index in [-0.39, 0.29) is 0 Å². The van der Waals surface area contributed by atoms with Crippen LogP contribution >= 0.6 is 0 Å². The average Bonchev–Trinajstić information content (AvgIpc) is 2.75. The molecule has 0 radical (unpaired) electrons. The van der Waals surface area contributed by atoms with Crippen LogP contribution in [0.15, 0.2) is 48.5 Å². The highest BCUT2D eigenvalue weighted by molar-refractivity contribution is 5.93. The molecule has 148 valence electrons. The van der Waals surface area contributed by atoms with Crippen molar-refractivity contribution in [2.45, 2.75) is 26.8 Å². The average molecular weight is 379 g/mol. The lowest BCUT2D eigenvalue weighted by Gasteiger charge is -2.25. The molecule has 5 nitrogen and oxygen atoms in total. The van der Waals surface area contributed by atoms with Crippen molar-refractivity contribution in [3.05, 3.63) is 59.7 Å². The molecule has 3 N–H and O–H groups in total. The number of nitrogens with zero attached hydrogens (tertiary/aromatic N) is 2. The van der Waals surface area contributed by atoms with Crippen LogP contribution in [0.3, 0.4) is 0 Å². The third kappa shape index (κ3) is 4.37. The Morgan fingerprint density at radius 2 is 1.89 bits per heavy atom. The van der Waals surface area contributed by atoms with Gasteiger partial charge in [-0.3, -0.25) is 0 Å². The molecule has 1 aromatic heterocycles. The molecule has 0 aliphatic rings. The fraction of sp³-hybridized carbons (Fsp3) is 0.348. The first-order valence-electron chi connectivity index (χ1n) is 9.94. The smallest absolute Gasteiger partial charge is 0.131 e. The molecule has 0 fully saturated rings. The van der Waals surface area contributed by atoms with E-state index < -0.39 is 0 Å². The molecule has 5 heteroatoms. The van der Waals surface area contributed by atoms with E-state index in [4.69, 9.17) is 15.5 Å². The molecule has 0 unspecified atom stereocenters. The van der Waals surface area contributed by atoms with Gasteiger partial charge in [0.05, 0.1) is 12.6 Å². The summed E-state index contributed by atoms with van der Waals surface area (Å²) in [6, 6.07) is 16.7. The summed E-state index contributed by atoms with van der Waals surface area (Å²) in [6.45, 7) is 7.32. The van der Waals surface area contributed by atoms with Crippen LogP contribution in [-0.4, -0.2) is 31.7 Å². The standard InChI is InChI=1S/C23H30N4O/c1-4-17-10-11-19(28-3)14-18(17)16-27(5-2)23-15-22(25-13-12-24)20-8-6-7-9-21(20)26-23/h6-11,14-15H,4-5,12-13,16,24H2,1-3H3,(H,25,26). The molecule has 3 aromatic rings. The monoisotopic (exact) mass is 378 g/mol. The highest BCUT2D eigenvalue weighted by atomic mass is 16.5. The predicted octanol–water partition coefficient (Wildman–Crippen LogP) is 4.20. The number of hydrogen-bond donors (Lipinski definition) is 2. The quantitative estimate of drug-likeness (QED) is 0.584. The van der Waals surface area contributed by atoms with E-state index in [9.17, 15) is 0 Å². The number of methoxy groups -OCH3 is 1. The molecule has 0 aliphatic carbocycles. The second kappa shape index (κ2) is 9.42. The molecule has 0 atom stereocenters. The van der Waals surface area contributed by atoms with Crippen molar-refractivity contribution >= 4 is 22.4 Å². The number of aromatic nitrogens is 1. The van der Waals surface area contributed by atoms with Crippen molar-refractivity contribution in [1.29, 1.82) is 0 Å². The summed E-state index contributed by atoms with van der Waals surface area (Å²) in [7, 11) is 1.71. The van der Waals surface area contributed by atoms with Crippen molar-refractivity contribution < 1.29 is 4.74 Å². The first-order chi connectivity index (χ1) is 13.7. The third-order valence-electron chi connectivity index (χ3n) is 5.02. The number of nitrogens with two attached hydrogens (primary N) is 1. The van der Waals surface area contributed by atoms with Crippen LogP contribution in [0.1, 0.15) is 25.0 Å². The maximum absolute atomic E-state index is 5.71. The van der Waals surface area contributed by atoms with E-state index in [1.54, 1.807) is 7.11 Å². The largest absolute Gasteiger partial charge is 0.497 e. The molecule has 0 saturated carbocycles. The Hall–Kier alpha value is -2.79. The Morgan fingerprint density at radius 3 is 2.61 bits per heavy atom. The normalized spacial score (nSPS) is 10.9. The number of para-hydroxylation sites is 1. The maximum atomic E-state index is 5.71. The molecule has 1 heterocycles. The molecule has 0 saturated heterocycles. The number of ether oxygens (including phenoxy) is 1. The molecule has 0 aliphatic heterocycles. The second-order valence-electron chi connectivity index (χ2n) is 6.76. The van der Waals surface area contributed by atoms with Gasteiger partial charge in [-0.05, 0) is 42.7 Å². The van der Waals surface area contributed by atoms with Gasteiger partial charge in [-0.25, -0.2) is 4.98 Å². The maximum Gasteiger partial charge on any atom is 0.131 e. The van der Waals surface area contributed by atoms with Crippen LogP contribution in [0.25, 0.3) is 10.9 Å². The fourth-order valence-corrected chi connectivity index (χ4v) is 3.46. The number of anilines is 2. The van der Waals surface area contributed by atoms with Gasteiger partial charge in [-0.1, -0.05) is 31.2 Å². The first kappa shape index (κ1) is 20.0. The number of hydrogen-bond acceptors (Lipinski definition) is 5. The molecule has 0 spiro atoms. The summed E-state index contributed by atoms with van der Waals surface area (Å²) in [5, 5.41) is 4.57. The van der Waals surface area contributed by atoms with E-state index in [2.05, 4.69) is 54.4 Å². The number of benzene rings is 2. The van der Waals surface area contributed by atoms with Gasteiger partial charge >= 0.3 is 0 Å². The zero-order valence-electron chi connectivity index (χ0n) is 17.0. The minimum absolute atomic E-state index is 0.590. The van der Waals surface area contributed by atoms with Crippen molar-refractivity contribution in [2.24, 2.45) is 5.73 Å². The van der Waals surface area contributed by atoms with Crippen LogP contribution < -0.4 is 20.7 Å². The summed E-state index contributed by atoms with van der Waals surface area (Å²) in [4.78, 5) is 7.23. The summed E-state index contributed by atoms with van der Waals surface area (Å²) >= 11 is 0. The summed E-state index contributed by atoms with van der Waals surface area (Å²) in [5.41, 5.74) is 10.4.